The number of nitrogens with one attached hydrogen (secondary N) is 3. The highest BCUT2D eigenvalue weighted by Crippen LogP contribution is 2.19. The minimum absolute atomic E-state index is 0.0664. The third kappa shape index (κ3) is 3.71. The average Bonchev–Trinajstić information content (AvgIpc) is 2.69. The van der Waals surface area contributed by atoms with Crippen molar-refractivity contribution in [1.82, 2.24) is 9.44 Å². The van der Waals surface area contributed by atoms with Gasteiger partial charge in [-0.05, 0) is 19.8 Å². The third-order valence-corrected chi connectivity index (χ3v) is 3.01. The monoisotopic (exact) mass is 206 g/mol. The normalized spacial score (nSPS) is 19.8. The van der Waals surface area contributed by atoms with Crippen molar-refractivity contribution >= 4 is 16.0 Å². The molecule has 0 aromatic carbocycles. The van der Waals surface area contributed by atoms with Gasteiger partial charge in [0.25, 0.3) is 10.2 Å². The highest BCUT2D eigenvalue weighted by Gasteiger charge is 2.27. The minimum Gasteiger partial charge on any atom is -0.386 e. The fraction of sp³-hybridized carbons (Fsp3) is 0.833. The van der Waals surface area contributed by atoms with Crippen LogP contribution in [0.1, 0.15) is 19.8 Å². The van der Waals surface area contributed by atoms with Crippen molar-refractivity contribution in [3.63, 3.8) is 0 Å². The summed E-state index contributed by atoms with van der Waals surface area (Å²) < 4.78 is 27.1. The van der Waals surface area contributed by atoms with Gasteiger partial charge in [-0.25, -0.2) is 0 Å². The lowest BCUT2D eigenvalue weighted by Gasteiger charge is -2.12. The zero-order valence-corrected chi connectivity index (χ0v) is 8.19. The highest BCUT2D eigenvalue weighted by molar-refractivity contribution is 7.87. The fourth-order valence-electron chi connectivity index (χ4n) is 0.751. The zero-order valence-electron chi connectivity index (χ0n) is 7.37. The van der Waals surface area contributed by atoms with Gasteiger partial charge in [-0.15, -0.1) is 0 Å². The first kappa shape index (κ1) is 10.4. The standard InChI is InChI=1S/C6H14N4O2S/c1-4(6(7)8)9-13(11,12)10-5-2-3-5/h4-5,9-10H,2-3H2,1H3,(H3,7,8). The molecule has 76 valence electrons. The summed E-state index contributed by atoms with van der Waals surface area (Å²) in [5.74, 6) is -0.193. The van der Waals surface area contributed by atoms with Gasteiger partial charge in [0.1, 0.15) is 5.84 Å². The minimum atomic E-state index is -3.48. The quantitative estimate of drug-likeness (QED) is 0.338. The Balaban J connectivity index is 2.45. The number of amidine groups is 1. The van der Waals surface area contributed by atoms with Gasteiger partial charge < -0.3 is 5.73 Å². The van der Waals surface area contributed by atoms with Crippen LogP contribution < -0.4 is 15.2 Å². The maximum Gasteiger partial charge on any atom is 0.277 e. The summed E-state index contributed by atoms with van der Waals surface area (Å²) in [5.41, 5.74) is 5.12. The first-order chi connectivity index (χ1) is 5.91. The van der Waals surface area contributed by atoms with E-state index in [1.54, 1.807) is 0 Å². The van der Waals surface area contributed by atoms with E-state index < -0.39 is 16.3 Å². The van der Waals surface area contributed by atoms with Crippen LogP contribution in [0.5, 0.6) is 0 Å². The Morgan fingerprint density at radius 3 is 2.54 bits per heavy atom. The molecule has 0 aliphatic heterocycles. The van der Waals surface area contributed by atoms with Gasteiger partial charge >= 0.3 is 0 Å². The van der Waals surface area contributed by atoms with Crippen LogP contribution in [0.15, 0.2) is 0 Å². The van der Waals surface area contributed by atoms with E-state index in [4.69, 9.17) is 11.1 Å². The Bertz CT molecular complexity index is 296. The molecule has 6 nitrogen and oxygen atoms in total. The maximum absolute atomic E-state index is 11.2. The summed E-state index contributed by atoms with van der Waals surface area (Å²) in [4.78, 5) is 0. The van der Waals surface area contributed by atoms with Crippen LogP contribution in [0, 0.1) is 5.41 Å². The molecule has 0 aromatic rings. The molecule has 1 rings (SSSR count). The molecule has 7 heteroatoms. The molecule has 1 saturated carbocycles. The van der Waals surface area contributed by atoms with E-state index in [1.165, 1.54) is 6.92 Å². The third-order valence-electron chi connectivity index (χ3n) is 1.70. The Labute approximate surface area is 77.6 Å². The van der Waals surface area contributed by atoms with Crippen LogP contribution >= 0.6 is 0 Å². The molecule has 13 heavy (non-hydrogen) atoms. The van der Waals surface area contributed by atoms with E-state index in [1.807, 2.05) is 0 Å². The van der Waals surface area contributed by atoms with Crippen molar-refractivity contribution in [3.05, 3.63) is 0 Å². The van der Waals surface area contributed by atoms with E-state index in [0.29, 0.717) is 0 Å². The van der Waals surface area contributed by atoms with Gasteiger partial charge in [0.05, 0.1) is 6.04 Å². The largest absolute Gasteiger partial charge is 0.386 e. The molecule has 0 bridgehead atoms. The Morgan fingerprint density at radius 2 is 2.15 bits per heavy atom. The first-order valence-electron chi connectivity index (χ1n) is 4.04. The SMILES string of the molecule is CC(NS(=O)(=O)NC1CC1)C(=N)N. The van der Waals surface area contributed by atoms with E-state index >= 15 is 0 Å². The summed E-state index contributed by atoms with van der Waals surface area (Å²) >= 11 is 0. The number of rotatable bonds is 5. The molecule has 0 amide bonds. The second kappa shape index (κ2) is 3.60. The first-order valence-corrected chi connectivity index (χ1v) is 5.52. The number of nitrogens with two attached hydrogens (primary N) is 1. The molecule has 1 unspecified atom stereocenters. The Kier molecular flexibility index (Phi) is 2.89. The average molecular weight is 206 g/mol. The van der Waals surface area contributed by atoms with Crippen molar-refractivity contribution in [1.29, 1.82) is 5.41 Å². The second-order valence-corrected chi connectivity index (χ2v) is 4.67. The lowest BCUT2D eigenvalue weighted by molar-refractivity contribution is 0.562. The molecule has 1 atom stereocenters. The lowest BCUT2D eigenvalue weighted by atomic mass is 10.3. The summed E-state index contributed by atoms with van der Waals surface area (Å²) in [7, 11) is -3.48. The van der Waals surface area contributed by atoms with Crippen LogP contribution in [0.25, 0.3) is 0 Å². The molecule has 1 aliphatic rings. The van der Waals surface area contributed by atoms with Crippen LogP contribution in [0.2, 0.25) is 0 Å². The van der Waals surface area contributed by atoms with Crippen molar-refractivity contribution in [2.75, 3.05) is 0 Å². The van der Waals surface area contributed by atoms with Gasteiger partial charge in [0, 0.05) is 6.04 Å². The molecule has 0 aromatic heterocycles. The van der Waals surface area contributed by atoms with Crippen molar-refractivity contribution < 1.29 is 8.42 Å². The van der Waals surface area contributed by atoms with Crippen LogP contribution in [0.3, 0.4) is 0 Å². The van der Waals surface area contributed by atoms with Crippen LogP contribution in [-0.2, 0) is 10.2 Å². The number of hydrogen-bond acceptors (Lipinski definition) is 3. The van der Waals surface area contributed by atoms with E-state index in [-0.39, 0.29) is 11.9 Å². The highest BCUT2D eigenvalue weighted by atomic mass is 32.2. The van der Waals surface area contributed by atoms with E-state index in [0.717, 1.165) is 12.8 Å². The molecule has 0 spiro atoms. The van der Waals surface area contributed by atoms with E-state index in [2.05, 4.69) is 9.44 Å². The maximum atomic E-state index is 11.2. The van der Waals surface area contributed by atoms with Gasteiger partial charge in [-0.3, -0.25) is 5.41 Å². The summed E-state index contributed by atoms with van der Waals surface area (Å²) in [6, 6.07) is -0.590. The van der Waals surface area contributed by atoms with Crippen molar-refractivity contribution in [3.8, 4) is 0 Å². The van der Waals surface area contributed by atoms with Gasteiger partial charge in [0.2, 0.25) is 0 Å². The molecule has 5 N–H and O–H groups in total. The molecular weight excluding hydrogens is 192 g/mol. The van der Waals surface area contributed by atoms with E-state index in [9.17, 15) is 8.42 Å². The van der Waals surface area contributed by atoms with Crippen LogP contribution in [0.4, 0.5) is 0 Å². The molecule has 1 aliphatic carbocycles. The molecule has 0 heterocycles. The Hall–Kier alpha value is -0.660. The van der Waals surface area contributed by atoms with Crippen molar-refractivity contribution in [2.24, 2.45) is 5.73 Å². The Morgan fingerprint density at radius 1 is 1.62 bits per heavy atom. The fourth-order valence-corrected chi connectivity index (χ4v) is 2.09. The molecular formula is C6H14N4O2S. The van der Waals surface area contributed by atoms with Gasteiger partial charge in [0.15, 0.2) is 0 Å². The molecule has 0 radical (unpaired) electrons. The summed E-state index contributed by atoms with van der Waals surface area (Å²) in [6.07, 6.45) is 1.77. The smallest absolute Gasteiger partial charge is 0.277 e. The number of hydrogen-bond donors (Lipinski definition) is 4. The predicted molar refractivity (Wildman–Crippen MR) is 49.6 cm³/mol. The van der Waals surface area contributed by atoms with Gasteiger partial charge in [-0.1, -0.05) is 0 Å². The zero-order chi connectivity index (χ0) is 10.1. The van der Waals surface area contributed by atoms with Crippen LogP contribution in [-0.4, -0.2) is 26.3 Å². The van der Waals surface area contributed by atoms with Crippen molar-refractivity contribution in [2.45, 2.75) is 31.8 Å². The summed E-state index contributed by atoms with van der Waals surface area (Å²) in [5, 5.41) is 7.00. The molecule has 1 fully saturated rings. The lowest BCUT2D eigenvalue weighted by Crippen LogP contribution is -2.47. The summed E-state index contributed by atoms with van der Waals surface area (Å²) in [6.45, 7) is 1.52. The van der Waals surface area contributed by atoms with Gasteiger partial charge in [-0.2, -0.15) is 17.9 Å². The second-order valence-electron chi connectivity index (χ2n) is 3.19. The molecule has 0 saturated heterocycles. The predicted octanol–water partition coefficient (Wildman–Crippen LogP) is -1.10. The topological polar surface area (TPSA) is 108 Å².